The van der Waals surface area contributed by atoms with E-state index in [1.807, 2.05) is 0 Å². The Morgan fingerprint density at radius 3 is 1.44 bits per heavy atom. The van der Waals surface area contributed by atoms with E-state index in [1.165, 1.54) is 172 Å². The highest BCUT2D eigenvalue weighted by Crippen LogP contribution is 2.15. The molecule has 0 aliphatic rings. The summed E-state index contributed by atoms with van der Waals surface area (Å²) in [6, 6.07) is 11.0. The Morgan fingerprint density at radius 1 is 0.513 bits per heavy atom. The molecule has 2 nitrogen and oxygen atoms in total. The van der Waals surface area contributed by atoms with Crippen LogP contribution < -0.4 is 4.57 Å². The lowest BCUT2D eigenvalue weighted by atomic mass is 10.0. The Kier molecular flexibility index (Phi) is 20.9. The first-order valence-electron chi connectivity index (χ1n) is 17.5. The Morgan fingerprint density at radius 2 is 0.949 bits per heavy atom. The van der Waals surface area contributed by atoms with Gasteiger partial charge in [-0.2, -0.15) is 0 Å². The van der Waals surface area contributed by atoms with Crippen molar-refractivity contribution in [3.8, 4) is 0 Å². The maximum Gasteiger partial charge on any atom is 0.256 e. The zero-order valence-corrected chi connectivity index (χ0v) is 26.3. The van der Waals surface area contributed by atoms with E-state index in [9.17, 15) is 0 Å². The van der Waals surface area contributed by atoms with E-state index in [4.69, 9.17) is 0 Å². The largest absolute Gasteiger partial charge is 0.256 e. The summed E-state index contributed by atoms with van der Waals surface area (Å²) in [4.78, 5) is 0. The summed E-state index contributed by atoms with van der Waals surface area (Å²) in [6.45, 7) is 6.79. The first-order chi connectivity index (χ1) is 19.3. The molecule has 2 aromatic rings. The quantitative estimate of drug-likeness (QED) is 0.0791. The molecular weight excluding hydrogens is 472 g/mol. The van der Waals surface area contributed by atoms with Crippen LogP contribution in [-0.4, -0.2) is 4.57 Å². The number of benzene rings is 1. The molecule has 0 saturated heterocycles. The molecule has 2 heteroatoms. The van der Waals surface area contributed by atoms with E-state index >= 15 is 0 Å². The minimum absolute atomic E-state index is 0.999. The summed E-state index contributed by atoms with van der Waals surface area (Å²) in [5.74, 6) is 1.54. The van der Waals surface area contributed by atoms with Crippen LogP contribution in [0.15, 0.2) is 42.7 Å². The maximum atomic E-state index is 2.57. The van der Waals surface area contributed by atoms with Crippen molar-refractivity contribution in [3.05, 3.63) is 54.1 Å². The minimum atomic E-state index is 0.999. The minimum Gasteiger partial charge on any atom is -0.234 e. The lowest BCUT2D eigenvalue weighted by Gasteiger charge is -2.07. The van der Waals surface area contributed by atoms with Crippen LogP contribution in [0.4, 0.5) is 0 Å². The normalized spacial score (nSPS) is 11.4. The molecule has 222 valence electrons. The van der Waals surface area contributed by atoms with E-state index in [-0.39, 0.29) is 0 Å². The summed E-state index contributed by atoms with van der Waals surface area (Å²) < 4.78 is 5.09. The van der Waals surface area contributed by atoms with Crippen LogP contribution in [0.5, 0.6) is 0 Å². The SMILES string of the molecule is CCCCCCCCCCCCCCCCCCc1n(Cc2ccccc2)cc[n+]1CCCCCCCCC. The third-order valence-electron chi connectivity index (χ3n) is 8.54. The number of aryl methyl sites for hydroxylation is 1. The van der Waals surface area contributed by atoms with Gasteiger partial charge in [-0.1, -0.05) is 173 Å². The molecule has 0 atom stereocenters. The first kappa shape index (κ1) is 33.6. The van der Waals surface area contributed by atoms with Gasteiger partial charge in [-0.3, -0.25) is 0 Å². The van der Waals surface area contributed by atoms with Gasteiger partial charge >= 0.3 is 0 Å². The Bertz CT molecular complexity index is 778. The van der Waals surface area contributed by atoms with Crippen LogP contribution in [0, 0.1) is 0 Å². The third-order valence-corrected chi connectivity index (χ3v) is 8.54. The molecule has 1 aromatic carbocycles. The van der Waals surface area contributed by atoms with Crippen molar-refractivity contribution in [2.24, 2.45) is 0 Å². The molecule has 2 rings (SSSR count). The summed E-state index contributed by atoms with van der Waals surface area (Å²) in [6.07, 6.45) is 38.5. The standard InChI is InChI=1S/C37H65N2/c1-3-5-7-9-11-12-13-14-15-16-17-18-19-20-22-27-31-37-38(32-28-23-21-10-8-6-4-2)33-34-39(37)35-36-29-25-24-26-30-36/h24-26,29-30,33-34H,3-23,27-28,31-32,35H2,1-2H3/q+1. The second-order valence-corrected chi connectivity index (χ2v) is 12.2. The highest BCUT2D eigenvalue weighted by atomic mass is 15.1. The Balaban J connectivity index is 1.59. The number of aromatic nitrogens is 2. The molecule has 39 heavy (non-hydrogen) atoms. The van der Waals surface area contributed by atoms with Crippen LogP contribution in [0.1, 0.15) is 173 Å². The zero-order chi connectivity index (χ0) is 27.6. The maximum absolute atomic E-state index is 2.57. The fourth-order valence-electron chi connectivity index (χ4n) is 5.98. The predicted octanol–water partition coefficient (Wildman–Crippen LogP) is 11.4. The molecule has 0 bridgehead atoms. The number of hydrogen-bond acceptors (Lipinski definition) is 0. The number of unbranched alkanes of at least 4 members (excludes halogenated alkanes) is 21. The molecule has 1 aromatic heterocycles. The number of nitrogens with zero attached hydrogens (tertiary/aromatic N) is 2. The van der Waals surface area contributed by atoms with E-state index in [0.29, 0.717) is 0 Å². The second-order valence-electron chi connectivity index (χ2n) is 12.2. The van der Waals surface area contributed by atoms with Crippen LogP contribution in [0.2, 0.25) is 0 Å². The lowest BCUT2D eigenvalue weighted by Crippen LogP contribution is -2.37. The zero-order valence-electron chi connectivity index (χ0n) is 26.3. The van der Waals surface area contributed by atoms with E-state index in [1.54, 1.807) is 0 Å². The highest BCUT2D eigenvalue weighted by Gasteiger charge is 2.17. The van der Waals surface area contributed by atoms with Crippen molar-refractivity contribution < 1.29 is 4.57 Å². The van der Waals surface area contributed by atoms with Gasteiger partial charge in [-0.05, 0) is 24.8 Å². The Hall–Kier alpha value is -1.57. The molecule has 0 saturated carbocycles. The summed E-state index contributed by atoms with van der Waals surface area (Å²) in [5.41, 5.74) is 1.41. The monoisotopic (exact) mass is 538 g/mol. The average Bonchev–Trinajstić information content (AvgIpc) is 3.33. The van der Waals surface area contributed by atoms with Gasteiger partial charge < -0.3 is 0 Å². The third kappa shape index (κ3) is 17.0. The van der Waals surface area contributed by atoms with E-state index in [0.717, 1.165) is 6.54 Å². The van der Waals surface area contributed by atoms with Gasteiger partial charge in [0.1, 0.15) is 18.9 Å². The molecule has 0 fully saturated rings. The van der Waals surface area contributed by atoms with Gasteiger partial charge in [0.05, 0.1) is 6.54 Å². The van der Waals surface area contributed by atoms with Crippen LogP contribution in [-0.2, 0) is 19.5 Å². The summed E-state index contributed by atoms with van der Waals surface area (Å²) in [5, 5.41) is 0. The predicted molar refractivity (Wildman–Crippen MR) is 171 cm³/mol. The van der Waals surface area contributed by atoms with Crippen molar-refractivity contribution in [3.63, 3.8) is 0 Å². The fraction of sp³-hybridized carbons (Fsp3) is 0.757. The molecule has 1 heterocycles. The number of hydrogen-bond donors (Lipinski definition) is 0. The molecule has 0 N–H and O–H groups in total. The van der Waals surface area contributed by atoms with Gasteiger partial charge in [-0.15, -0.1) is 0 Å². The summed E-state index contributed by atoms with van der Waals surface area (Å²) in [7, 11) is 0. The average molecular weight is 538 g/mol. The molecule has 0 radical (unpaired) electrons. The highest BCUT2D eigenvalue weighted by molar-refractivity contribution is 5.15. The van der Waals surface area contributed by atoms with Crippen molar-refractivity contribution >= 4 is 0 Å². The van der Waals surface area contributed by atoms with Gasteiger partial charge in [0.2, 0.25) is 0 Å². The summed E-state index contributed by atoms with van der Waals surface area (Å²) >= 11 is 0. The number of imidazole rings is 1. The van der Waals surface area contributed by atoms with E-state index in [2.05, 4.69) is 65.7 Å². The molecule has 0 unspecified atom stereocenters. The molecular formula is C37H65N2+. The van der Waals surface area contributed by atoms with Crippen LogP contribution >= 0.6 is 0 Å². The van der Waals surface area contributed by atoms with Crippen LogP contribution in [0.25, 0.3) is 0 Å². The molecule has 0 aliphatic heterocycles. The van der Waals surface area contributed by atoms with Gasteiger partial charge in [-0.25, -0.2) is 9.13 Å². The van der Waals surface area contributed by atoms with Crippen molar-refractivity contribution in [1.82, 2.24) is 4.57 Å². The second kappa shape index (κ2) is 24.2. The Labute approximate surface area is 244 Å². The van der Waals surface area contributed by atoms with Gasteiger partial charge in [0.15, 0.2) is 0 Å². The molecule has 0 spiro atoms. The first-order valence-corrected chi connectivity index (χ1v) is 17.5. The molecule has 0 aliphatic carbocycles. The smallest absolute Gasteiger partial charge is 0.234 e. The van der Waals surface area contributed by atoms with Gasteiger partial charge in [0, 0.05) is 6.42 Å². The lowest BCUT2D eigenvalue weighted by molar-refractivity contribution is -0.704. The van der Waals surface area contributed by atoms with Gasteiger partial charge in [0.25, 0.3) is 5.82 Å². The van der Waals surface area contributed by atoms with Crippen LogP contribution in [0.3, 0.4) is 0 Å². The van der Waals surface area contributed by atoms with Crippen molar-refractivity contribution in [2.75, 3.05) is 0 Å². The topological polar surface area (TPSA) is 8.81 Å². The van der Waals surface area contributed by atoms with Crippen molar-refractivity contribution in [1.29, 1.82) is 0 Å². The van der Waals surface area contributed by atoms with Crippen molar-refractivity contribution in [2.45, 2.75) is 181 Å². The fourth-order valence-corrected chi connectivity index (χ4v) is 5.98. The molecule has 0 amide bonds. The van der Waals surface area contributed by atoms with E-state index < -0.39 is 0 Å². The number of rotatable bonds is 27.